The predicted molar refractivity (Wildman–Crippen MR) is 126 cm³/mol. The van der Waals surface area contributed by atoms with Crippen LogP contribution < -0.4 is 10.2 Å². The van der Waals surface area contributed by atoms with Gasteiger partial charge in [0.15, 0.2) is 0 Å². The first kappa shape index (κ1) is 22.9. The summed E-state index contributed by atoms with van der Waals surface area (Å²) in [7, 11) is 1.50. The quantitative estimate of drug-likeness (QED) is 0.549. The second-order valence-electron chi connectivity index (χ2n) is 8.48. The summed E-state index contributed by atoms with van der Waals surface area (Å²) in [5.74, 6) is 0.0888. The van der Waals surface area contributed by atoms with Gasteiger partial charge >= 0.3 is 5.97 Å². The zero-order valence-electron chi connectivity index (χ0n) is 19.2. The molecule has 0 saturated carbocycles. The Morgan fingerprint density at radius 1 is 1.24 bits per heavy atom. The molecule has 0 radical (unpaired) electrons. The van der Waals surface area contributed by atoms with E-state index >= 15 is 0 Å². The highest BCUT2D eigenvalue weighted by atomic mass is 16.5. The lowest BCUT2D eigenvalue weighted by molar-refractivity contribution is 0.0492. The Balaban J connectivity index is 1.95. The molecule has 1 aromatic heterocycles. The molecule has 1 atom stereocenters. The maximum atomic E-state index is 13.7. The molecule has 1 saturated heterocycles. The summed E-state index contributed by atoms with van der Waals surface area (Å²) in [6, 6.07) is 10.0. The molecule has 1 N–H and O–H groups in total. The lowest BCUT2D eigenvalue weighted by atomic mass is 9.98. The van der Waals surface area contributed by atoms with Crippen molar-refractivity contribution >= 4 is 16.9 Å². The Morgan fingerprint density at radius 2 is 2.03 bits per heavy atom. The summed E-state index contributed by atoms with van der Waals surface area (Å²) in [6.45, 7) is 6.23. The predicted octanol–water partition coefficient (Wildman–Crippen LogP) is 4.58. The van der Waals surface area contributed by atoms with Gasteiger partial charge in [-0.2, -0.15) is 0 Å². The molecule has 0 bridgehead atoms. The van der Waals surface area contributed by atoms with Crippen molar-refractivity contribution in [2.24, 2.45) is 5.92 Å². The largest absolute Gasteiger partial charge is 0.507 e. The van der Waals surface area contributed by atoms with E-state index in [2.05, 4.69) is 11.8 Å². The van der Waals surface area contributed by atoms with Crippen molar-refractivity contribution < 1.29 is 23.8 Å². The Morgan fingerprint density at radius 3 is 2.76 bits per heavy atom. The van der Waals surface area contributed by atoms with Gasteiger partial charge in [-0.1, -0.05) is 25.1 Å². The van der Waals surface area contributed by atoms with Gasteiger partial charge < -0.3 is 19.0 Å². The average molecular weight is 452 g/mol. The summed E-state index contributed by atoms with van der Waals surface area (Å²) in [4.78, 5) is 28.8. The number of hydrogen-bond donors (Lipinski definition) is 1. The fourth-order valence-corrected chi connectivity index (χ4v) is 4.55. The molecule has 1 fully saturated rings. The summed E-state index contributed by atoms with van der Waals surface area (Å²) in [6.07, 6.45) is 2.24. The number of fused-ring (bicyclic) bond motifs is 1. The van der Waals surface area contributed by atoms with E-state index in [1.165, 1.54) is 25.7 Å². The first-order valence-corrected chi connectivity index (χ1v) is 11.3. The Labute approximate surface area is 192 Å². The van der Waals surface area contributed by atoms with Crippen LogP contribution in [0.4, 0.5) is 0 Å². The van der Waals surface area contributed by atoms with Gasteiger partial charge in [0.2, 0.25) is 11.2 Å². The number of esters is 1. The molecule has 1 aliphatic heterocycles. The van der Waals surface area contributed by atoms with E-state index in [4.69, 9.17) is 13.9 Å². The van der Waals surface area contributed by atoms with Gasteiger partial charge in [0.1, 0.15) is 17.1 Å². The molecule has 0 aliphatic carbocycles. The highest BCUT2D eigenvalue weighted by molar-refractivity contribution is 5.99. The zero-order valence-corrected chi connectivity index (χ0v) is 19.2. The van der Waals surface area contributed by atoms with E-state index < -0.39 is 5.97 Å². The summed E-state index contributed by atoms with van der Waals surface area (Å²) in [5, 5.41) is 11.0. The van der Waals surface area contributed by atoms with Crippen LogP contribution in [0.2, 0.25) is 0 Å². The molecule has 1 aliphatic rings. The number of ether oxygens (including phenoxy) is 2. The van der Waals surface area contributed by atoms with Gasteiger partial charge in [-0.25, -0.2) is 4.79 Å². The minimum Gasteiger partial charge on any atom is -0.507 e. The van der Waals surface area contributed by atoms with Crippen LogP contribution in [0, 0.1) is 5.92 Å². The maximum absolute atomic E-state index is 13.7. The molecule has 0 spiro atoms. The second kappa shape index (κ2) is 9.67. The van der Waals surface area contributed by atoms with Gasteiger partial charge in [0.25, 0.3) is 0 Å². The van der Waals surface area contributed by atoms with Crippen LogP contribution in [0.5, 0.6) is 11.5 Å². The normalized spacial score (nSPS) is 16.6. The van der Waals surface area contributed by atoms with Crippen LogP contribution in [-0.2, 0) is 11.3 Å². The van der Waals surface area contributed by atoms with Crippen LogP contribution in [0.15, 0.2) is 45.6 Å². The molecular formula is C26H29NO6. The molecule has 4 rings (SSSR count). The minimum atomic E-state index is -0.738. The van der Waals surface area contributed by atoms with E-state index in [1.807, 2.05) is 0 Å². The van der Waals surface area contributed by atoms with Crippen molar-refractivity contribution in [2.45, 2.75) is 33.2 Å². The number of hydrogen-bond acceptors (Lipinski definition) is 7. The van der Waals surface area contributed by atoms with Crippen molar-refractivity contribution in [3.8, 4) is 22.6 Å². The highest BCUT2D eigenvalue weighted by Gasteiger charge is 2.27. The van der Waals surface area contributed by atoms with Crippen LogP contribution >= 0.6 is 0 Å². The number of phenols is 1. The molecule has 33 heavy (non-hydrogen) atoms. The molecule has 2 heterocycles. The van der Waals surface area contributed by atoms with E-state index in [0.717, 1.165) is 19.5 Å². The third-order valence-corrected chi connectivity index (χ3v) is 6.10. The minimum absolute atomic E-state index is 0.0312. The molecule has 0 amide bonds. The van der Waals surface area contributed by atoms with E-state index in [1.54, 1.807) is 31.2 Å². The maximum Gasteiger partial charge on any atom is 0.375 e. The third kappa shape index (κ3) is 4.46. The molecular weight excluding hydrogens is 422 g/mol. The Bertz CT molecular complexity index is 1230. The number of para-hydroxylation sites is 1. The smallest absolute Gasteiger partial charge is 0.375 e. The van der Waals surface area contributed by atoms with Gasteiger partial charge in [0.05, 0.1) is 30.2 Å². The second-order valence-corrected chi connectivity index (χ2v) is 8.48. The zero-order chi connectivity index (χ0) is 23.5. The molecule has 7 nitrogen and oxygen atoms in total. The topological polar surface area (TPSA) is 89.2 Å². The number of rotatable bonds is 6. The van der Waals surface area contributed by atoms with Gasteiger partial charge in [-0.15, -0.1) is 0 Å². The first-order chi connectivity index (χ1) is 15.9. The van der Waals surface area contributed by atoms with Crippen molar-refractivity contribution in [3.05, 3.63) is 57.9 Å². The number of aromatic hydroxyl groups is 1. The number of phenolic OH excluding ortho intramolecular Hbond substituents is 1. The van der Waals surface area contributed by atoms with E-state index in [9.17, 15) is 14.7 Å². The molecule has 2 aromatic carbocycles. The van der Waals surface area contributed by atoms with Crippen LogP contribution in [-0.4, -0.2) is 42.8 Å². The molecule has 3 aromatic rings. The van der Waals surface area contributed by atoms with E-state index in [0.29, 0.717) is 34.7 Å². The Kier molecular flexibility index (Phi) is 6.70. The number of piperidine rings is 1. The highest BCUT2D eigenvalue weighted by Crippen LogP contribution is 2.35. The lowest BCUT2D eigenvalue weighted by Crippen LogP contribution is -2.33. The molecule has 7 heteroatoms. The average Bonchev–Trinajstić information content (AvgIpc) is 2.81. The van der Waals surface area contributed by atoms with Crippen molar-refractivity contribution in [3.63, 3.8) is 0 Å². The van der Waals surface area contributed by atoms with Crippen molar-refractivity contribution in [2.75, 3.05) is 26.8 Å². The number of carbonyl (C=O) groups excluding carboxylic acids is 1. The number of methoxy groups -OCH3 is 1. The number of carbonyl (C=O) groups is 1. The monoisotopic (exact) mass is 451 g/mol. The fourth-order valence-electron chi connectivity index (χ4n) is 4.55. The Hall–Kier alpha value is -3.32. The van der Waals surface area contributed by atoms with Gasteiger partial charge in [-0.05, 0) is 50.4 Å². The first-order valence-electron chi connectivity index (χ1n) is 11.3. The third-order valence-electron chi connectivity index (χ3n) is 6.10. The fraction of sp³-hybridized carbons (Fsp3) is 0.385. The standard InChI is InChI=1S/C26H29NO6/c1-4-32-26(30)25-22(17-9-5-6-10-21(17)31-3)23(29)18-11-12-20(28)19(24(18)33-25)15-27-13-7-8-16(2)14-27/h5-6,9-12,16,28H,4,7-8,13-15H2,1-3H3/t16-/m1/s1. The lowest BCUT2D eigenvalue weighted by Gasteiger charge is -2.31. The summed E-state index contributed by atoms with van der Waals surface area (Å²) < 4.78 is 16.8. The molecule has 0 unspecified atom stereocenters. The van der Waals surface area contributed by atoms with Crippen molar-refractivity contribution in [1.29, 1.82) is 0 Å². The SMILES string of the molecule is CCOC(=O)c1oc2c(CN3CCC[C@@H](C)C3)c(O)ccc2c(=O)c1-c1ccccc1OC. The van der Waals surface area contributed by atoms with Crippen LogP contribution in [0.25, 0.3) is 22.1 Å². The van der Waals surface area contributed by atoms with Gasteiger partial charge in [-0.3, -0.25) is 9.69 Å². The van der Waals surface area contributed by atoms with Crippen LogP contribution in [0.1, 0.15) is 42.8 Å². The van der Waals surface area contributed by atoms with Crippen LogP contribution in [0.3, 0.4) is 0 Å². The number of nitrogens with zero attached hydrogens (tertiary/aromatic N) is 1. The molecule has 174 valence electrons. The number of likely N-dealkylation sites (tertiary alicyclic amines) is 1. The van der Waals surface area contributed by atoms with E-state index in [-0.39, 0.29) is 34.7 Å². The summed E-state index contributed by atoms with van der Waals surface area (Å²) >= 11 is 0. The van der Waals surface area contributed by atoms with Gasteiger partial charge in [0, 0.05) is 18.7 Å². The van der Waals surface area contributed by atoms with Crippen molar-refractivity contribution in [1.82, 2.24) is 4.90 Å². The summed E-state index contributed by atoms with van der Waals surface area (Å²) in [5.41, 5.74) is 0.854. The number of benzene rings is 2.